The van der Waals surface area contributed by atoms with E-state index in [0.29, 0.717) is 18.7 Å². The molecule has 0 bridgehead atoms. The second kappa shape index (κ2) is 10.3. The fourth-order valence-corrected chi connectivity index (χ4v) is 5.88. The lowest BCUT2D eigenvalue weighted by Crippen LogP contribution is -2.54. The lowest BCUT2D eigenvalue weighted by atomic mass is 9.78. The zero-order valence-corrected chi connectivity index (χ0v) is 20.6. The molecule has 2 N–H and O–H groups in total. The van der Waals surface area contributed by atoms with Gasteiger partial charge in [0.05, 0.1) is 23.7 Å². The number of aromatic nitrogens is 2. The molecular formula is C29H36N4O2. The maximum Gasteiger partial charge on any atom is 0.275 e. The molecule has 1 aliphatic carbocycles. The molecule has 2 aromatic carbocycles. The number of piperazine rings is 1. The van der Waals surface area contributed by atoms with Crippen LogP contribution in [0.3, 0.4) is 0 Å². The average molecular weight is 473 g/mol. The molecule has 0 radical (unpaired) electrons. The molecule has 2 heterocycles. The number of nitrogens with one attached hydrogen (secondary N) is 1. The molecule has 1 amide bonds. The lowest BCUT2D eigenvalue weighted by Gasteiger charge is -2.41. The van der Waals surface area contributed by atoms with E-state index in [9.17, 15) is 9.90 Å². The number of carbonyl (C=O) groups is 1. The van der Waals surface area contributed by atoms with Gasteiger partial charge in [-0.25, -0.2) is 4.98 Å². The van der Waals surface area contributed by atoms with Crippen molar-refractivity contribution in [3.8, 4) is 11.3 Å². The third kappa shape index (κ3) is 4.78. The average Bonchev–Trinajstić information content (AvgIpc) is 3.35. The van der Waals surface area contributed by atoms with Crippen molar-refractivity contribution in [2.45, 2.75) is 63.1 Å². The van der Waals surface area contributed by atoms with Crippen molar-refractivity contribution in [2.75, 3.05) is 19.6 Å². The first-order chi connectivity index (χ1) is 17.1. The highest BCUT2D eigenvalue weighted by molar-refractivity contribution is 5.98. The Kier molecular flexibility index (Phi) is 7.02. The van der Waals surface area contributed by atoms with Gasteiger partial charge in [0.1, 0.15) is 0 Å². The Balaban J connectivity index is 1.53. The number of carbonyl (C=O) groups excluding carboxylic acids is 1. The van der Waals surface area contributed by atoms with E-state index in [0.717, 1.165) is 56.5 Å². The minimum absolute atomic E-state index is 0.0270. The van der Waals surface area contributed by atoms with Gasteiger partial charge in [-0.2, -0.15) is 0 Å². The van der Waals surface area contributed by atoms with Crippen molar-refractivity contribution in [1.29, 1.82) is 0 Å². The molecule has 5 rings (SSSR count). The van der Waals surface area contributed by atoms with Crippen LogP contribution in [0.15, 0.2) is 67.0 Å². The molecule has 6 heteroatoms. The van der Waals surface area contributed by atoms with Crippen LogP contribution in [-0.4, -0.2) is 56.7 Å². The van der Waals surface area contributed by atoms with Crippen LogP contribution in [0.1, 0.15) is 61.1 Å². The second-order valence-electron chi connectivity index (χ2n) is 9.98. The molecule has 2 fully saturated rings. The highest BCUT2D eigenvalue weighted by Crippen LogP contribution is 2.42. The zero-order valence-electron chi connectivity index (χ0n) is 20.6. The van der Waals surface area contributed by atoms with Gasteiger partial charge in [0.2, 0.25) is 0 Å². The van der Waals surface area contributed by atoms with Crippen LogP contribution in [0.2, 0.25) is 0 Å². The third-order valence-electron chi connectivity index (χ3n) is 7.87. The van der Waals surface area contributed by atoms with Crippen LogP contribution in [0.4, 0.5) is 0 Å². The molecule has 184 valence electrons. The number of rotatable bonds is 6. The first kappa shape index (κ1) is 23.8. The lowest BCUT2D eigenvalue weighted by molar-refractivity contribution is -0.0439. The first-order valence-corrected chi connectivity index (χ1v) is 13.0. The Morgan fingerprint density at radius 3 is 2.60 bits per heavy atom. The van der Waals surface area contributed by atoms with Gasteiger partial charge in [-0.15, -0.1) is 0 Å². The SMILES string of the molecule is CC[C@]1(O)CCCC[C@H]1n1cnc(C(=O)N2CCNC[C@H]2Cc2ccccc2)c1-c1ccccc1. The predicted molar refractivity (Wildman–Crippen MR) is 138 cm³/mol. The monoisotopic (exact) mass is 472 g/mol. The van der Waals surface area contributed by atoms with Crippen LogP contribution < -0.4 is 5.32 Å². The largest absolute Gasteiger partial charge is 0.388 e. The maximum absolute atomic E-state index is 14.1. The summed E-state index contributed by atoms with van der Waals surface area (Å²) in [4.78, 5) is 20.8. The van der Waals surface area contributed by atoms with Gasteiger partial charge < -0.3 is 19.9 Å². The molecule has 35 heavy (non-hydrogen) atoms. The number of amides is 1. The van der Waals surface area contributed by atoms with Crippen LogP contribution in [0.5, 0.6) is 0 Å². The summed E-state index contributed by atoms with van der Waals surface area (Å²) in [7, 11) is 0. The van der Waals surface area contributed by atoms with E-state index >= 15 is 0 Å². The smallest absolute Gasteiger partial charge is 0.275 e. The standard InChI is InChI=1S/C29H36N4O2/c1-2-29(35)16-10-9-15-25(29)33-21-31-26(27(33)23-13-7-4-8-14-23)28(34)32-18-17-30-20-24(32)19-22-11-5-3-6-12-22/h3-8,11-14,21,24-25,30,35H,2,9-10,15-20H2,1H3/t24-,25-,29+/m1/s1. The summed E-state index contributed by atoms with van der Waals surface area (Å²) in [5.41, 5.74) is 2.72. The molecule has 1 aromatic heterocycles. The Labute approximate surface area is 208 Å². The summed E-state index contributed by atoms with van der Waals surface area (Å²) >= 11 is 0. The minimum Gasteiger partial charge on any atom is -0.388 e. The van der Waals surface area contributed by atoms with Crippen molar-refractivity contribution >= 4 is 5.91 Å². The molecular weight excluding hydrogens is 436 g/mol. The van der Waals surface area contributed by atoms with Gasteiger partial charge in [-0.1, -0.05) is 80.4 Å². The summed E-state index contributed by atoms with van der Waals surface area (Å²) in [6, 6.07) is 20.4. The normalized spacial score (nSPS) is 24.9. The highest BCUT2D eigenvalue weighted by atomic mass is 16.3. The fourth-order valence-electron chi connectivity index (χ4n) is 5.88. The number of nitrogens with zero attached hydrogens (tertiary/aromatic N) is 3. The van der Waals surface area contributed by atoms with E-state index in [1.165, 1.54) is 5.56 Å². The fraction of sp³-hybridized carbons (Fsp3) is 0.448. The number of benzene rings is 2. The molecule has 1 saturated heterocycles. The Hall–Kier alpha value is -2.96. The summed E-state index contributed by atoms with van der Waals surface area (Å²) in [6.07, 6.45) is 7.05. The van der Waals surface area contributed by atoms with Crippen LogP contribution in [0, 0.1) is 0 Å². The van der Waals surface area contributed by atoms with Gasteiger partial charge in [0.15, 0.2) is 5.69 Å². The van der Waals surface area contributed by atoms with Crippen molar-refractivity contribution in [1.82, 2.24) is 19.8 Å². The van der Waals surface area contributed by atoms with Gasteiger partial charge in [-0.3, -0.25) is 4.79 Å². The molecule has 6 nitrogen and oxygen atoms in total. The van der Waals surface area contributed by atoms with Gasteiger partial charge in [0.25, 0.3) is 5.91 Å². The number of hydrogen-bond donors (Lipinski definition) is 2. The zero-order chi connectivity index (χ0) is 24.3. The summed E-state index contributed by atoms with van der Waals surface area (Å²) < 4.78 is 2.10. The molecule has 2 aliphatic rings. The predicted octanol–water partition coefficient (Wildman–Crippen LogP) is 4.46. The Bertz CT molecular complexity index is 1130. The topological polar surface area (TPSA) is 70.4 Å². The molecule has 3 atom stereocenters. The number of hydrogen-bond acceptors (Lipinski definition) is 4. The Morgan fingerprint density at radius 2 is 1.86 bits per heavy atom. The van der Waals surface area contributed by atoms with E-state index < -0.39 is 5.60 Å². The van der Waals surface area contributed by atoms with Crippen LogP contribution in [-0.2, 0) is 6.42 Å². The summed E-state index contributed by atoms with van der Waals surface area (Å²) in [5.74, 6) is -0.0270. The van der Waals surface area contributed by atoms with E-state index in [1.807, 2.05) is 53.4 Å². The third-order valence-corrected chi connectivity index (χ3v) is 7.87. The van der Waals surface area contributed by atoms with Crippen molar-refractivity contribution in [3.63, 3.8) is 0 Å². The van der Waals surface area contributed by atoms with E-state index in [1.54, 1.807) is 6.33 Å². The minimum atomic E-state index is -0.784. The molecule has 1 aliphatic heterocycles. The first-order valence-electron chi connectivity index (χ1n) is 13.0. The van der Waals surface area contributed by atoms with Gasteiger partial charge in [0, 0.05) is 31.2 Å². The van der Waals surface area contributed by atoms with E-state index in [2.05, 4.69) is 28.9 Å². The summed E-state index contributed by atoms with van der Waals surface area (Å²) in [5, 5.41) is 15.0. The second-order valence-corrected chi connectivity index (χ2v) is 9.98. The van der Waals surface area contributed by atoms with E-state index in [4.69, 9.17) is 4.98 Å². The van der Waals surface area contributed by atoms with E-state index in [-0.39, 0.29) is 18.0 Å². The van der Waals surface area contributed by atoms with Crippen molar-refractivity contribution in [3.05, 3.63) is 78.2 Å². The highest BCUT2D eigenvalue weighted by Gasteiger charge is 2.41. The van der Waals surface area contributed by atoms with Gasteiger partial charge in [-0.05, 0) is 31.2 Å². The number of imidazole rings is 1. The molecule has 0 spiro atoms. The van der Waals surface area contributed by atoms with Crippen molar-refractivity contribution in [2.24, 2.45) is 0 Å². The number of aliphatic hydroxyl groups is 1. The van der Waals surface area contributed by atoms with Crippen molar-refractivity contribution < 1.29 is 9.90 Å². The Morgan fingerprint density at radius 1 is 1.11 bits per heavy atom. The maximum atomic E-state index is 14.1. The summed E-state index contributed by atoms with van der Waals surface area (Å²) in [6.45, 7) is 4.25. The molecule has 3 aromatic rings. The molecule has 0 unspecified atom stereocenters. The quantitative estimate of drug-likeness (QED) is 0.556. The van der Waals surface area contributed by atoms with Crippen LogP contribution in [0.25, 0.3) is 11.3 Å². The van der Waals surface area contributed by atoms with Crippen LogP contribution >= 0.6 is 0 Å². The van der Waals surface area contributed by atoms with Gasteiger partial charge >= 0.3 is 0 Å². The molecule has 1 saturated carbocycles.